The molecule has 0 aliphatic carbocycles. The van der Waals surface area contributed by atoms with Crippen LogP contribution in [-0.2, 0) is 12.8 Å². The number of benzene rings is 2. The van der Waals surface area contributed by atoms with Crippen LogP contribution in [-0.4, -0.2) is 17.7 Å². The number of halogens is 1. The standard InChI is InChI=1S/C18H22ClNO/c1-2-10-20-16(11-14-6-5-8-17(21)12-14)13-15-7-3-4-9-18(15)19/h3-9,12,16,20-21H,2,10-11,13H2,1H3. The molecular weight excluding hydrogens is 282 g/mol. The van der Waals surface area contributed by atoms with Gasteiger partial charge in [0.2, 0.25) is 0 Å². The van der Waals surface area contributed by atoms with E-state index < -0.39 is 0 Å². The zero-order valence-electron chi connectivity index (χ0n) is 12.3. The van der Waals surface area contributed by atoms with Gasteiger partial charge in [-0.1, -0.05) is 48.9 Å². The van der Waals surface area contributed by atoms with Crippen LogP contribution in [0, 0.1) is 0 Å². The van der Waals surface area contributed by atoms with Gasteiger partial charge in [-0.2, -0.15) is 0 Å². The number of nitrogens with one attached hydrogen (secondary N) is 1. The molecule has 0 saturated carbocycles. The van der Waals surface area contributed by atoms with Crippen molar-refractivity contribution in [2.75, 3.05) is 6.54 Å². The molecule has 2 nitrogen and oxygen atoms in total. The van der Waals surface area contributed by atoms with Gasteiger partial charge < -0.3 is 10.4 Å². The van der Waals surface area contributed by atoms with Crippen LogP contribution in [0.25, 0.3) is 0 Å². The third kappa shape index (κ3) is 5.07. The molecule has 112 valence electrons. The van der Waals surface area contributed by atoms with E-state index in [1.807, 2.05) is 36.4 Å². The molecule has 0 aliphatic rings. The minimum Gasteiger partial charge on any atom is -0.508 e. The first kappa shape index (κ1) is 15.9. The molecule has 2 rings (SSSR count). The molecule has 0 aromatic heterocycles. The molecule has 0 spiro atoms. The molecule has 2 aromatic rings. The second kappa shape index (κ2) is 8.06. The lowest BCUT2D eigenvalue weighted by atomic mass is 9.98. The van der Waals surface area contributed by atoms with E-state index >= 15 is 0 Å². The summed E-state index contributed by atoms with van der Waals surface area (Å²) < 4.78 is 0. The lowest BCUT2D eigenvalue weighted by molar-refractivity contribution is 0.471. The SMILES string of the molecule is CCCNC(Cc1cccc(O)c1)Cc1ccccc1Cl. The maximum atomic E-state index is 9.59. The van der Waals surface area contributed by atoms with Crippen LogP contribution in [0.5, 0.6) is 5.75 Å². The zero-order chi connectivity index (χ0) is 15.1. The molecule has 21 heavy (non-hydrogen) atoms. The number of hydrogen-bond acceptors (Lipinski definition) is 2. The van der Waals surface area contributed by atoms with Crippen molar-refractivity contribution in [3.63, 3.8) is 0 Å². The van der Waals surface area contributed by atoms with Crippen molar-refractivity contribution in [2.24, 2.45) is 0 Å². The topological polar surface area (TPSA) is 32.3 Å². The Bertz CT molecular complexity index is 571. The zero-order valence-corrected chi connectivity index (χ0v) is 13.1. The van der Waals surface area contributed by atoms with Gasteiger partial charge in [0.25, 0.3) is 0 Å². The number of phenols is 1. The Morgan fingerprint density at radius 2 is 1.90 bits per heavy atom. The molecule has 0 bridgehead atoms. The number of phenolic OH excluding ortho intramolecular Hbond substituents is 1. The van der Waals surface area contributed by atoms with Crippen LogP contribution in [0.15, 0.2) is 48.5 Å². The van der Waals surface area contributed by atoms with E-state index in [1.54, 1.807) is 6.07 Å². The molecular formula is C18H22ClNO. The van der Waals surface area contributed by atoms with E-state index in [0.717, 1.165) is 42.0 Å². The van der Waals surface area contributed by atoms with Gasteiger partial charge in [-0.25, -0.2) is 0 Å². The second-order valence-corrected chi connectivity index (χ2v) is 5.73. The summed E-state index contributed by atoms with van der Waals surface area (Å²) in [5.41, 5.74) is 2.29. The highest BCUT2D eigenvalue weighted by molar-refractivity contribution is 6.31. The molecule has 2 N–H and O–H groups in total. The largest absolute Gasteiger partial charge is 0.508 e. The fourth-order valence-corrected chi connectivity index (χ4v) is 2.68. The summed E-state index contributed by atoms with van der Waals surface area (Å²) in [5.74, 6) is 0.319. The Labute approximate surface area is 131 Å². The van der Waals surface area contributed by atoms with Gasteiger partial charge in [0.1, 0.15) is 5.75 Å². The van der Waals surface area contributed by atoms with Crippen molar-refractivity contribution in [3.8, 4) is 5.75 Å². The first-order chi connectivity index (χ1) is 10.2. The van der Waals surface area contributed by atoms with Crippen molar-refractivity contribution in [1.82, 2.24) is 5.32 Å². The van der Waals surface area contributed by atoms with Crippen LogP contribution in [0.3, 0.4) is 0 Å². The Morgan fingerprint density at radius 3 is 2.62 bits per heavy atom. The first-order valence-electron chi connectivity index (χ1n) is 7.43. The predicted molar refractivity (Wildman–Crippen MR) is 89.0 cm³/mol. The van der Waals surface area contributed by atoms with Gasteiger partial charge in [0, 0.05) is 11.1 Å². The maximum Gasteiger partial charge on any atom is 0.115 e. The Balaban J connectivity index is 2.09. The van der Waals surface area contributed by atoms with Gasteiger partial charge in [-0.3, -0.25) is 0 Å². The van der Waals surface area contributed by atoms with E-state index in [4.69, 9.17) is 11.6 Å². The monoisotopic (exact) mass is 303 g/mol. The molecule has 0 radical (unpaired) electrons. The minimum atomic E-state index is 0.312. The fraction of sp³-hybridized carbons (Fsp3) is 0.333. The van der Waals surface area contributed by atoms with Crippen LogP contribution in [0.1, 0.15) is 24.5 Å². The predicted octanol–water partition coefficient (Wildman–Crippen LogP) is 4.20. The molecule has 2 aromatic carbocycles. The summed E-state index contributed by atoms with van der Waals surface area (Å²) in [7, 11) is 0. The normalized spacial score (nSPS) is 12.3. The summed E-state index contributed by atoms with van der Waals surface area (Å²) >= 11 is 6.26. The summed E-state index contributed by atoms with van der Waals surface area (Å²) in [6.45, 7) is 3.14. The quantitative estimate of drug-likeness (QED) is 0.803. The Morgan fingerprint density at radius 1 is 1.10 bits per heavy atom. The molecule has 0 fully saturated rings. The van der Waals surface area contributed by atoms with Gasteiger partial charge >= 0.3 is 0 Å². The van der Waals surface area contributed by atoms with E-state index in [0.29, 0.717) is 11.8 Å². The van der Waals surface area contributed by atoms with Gasteiger partial charge in [-0.15, -0.1) is 0 Å². The van der Waals surface area contributed by atoms with E-state index in [-0.39, 0.29) is 0 Å². The van der Waals surface area contributed by atoms with Crippen LogP contribution >= 0.6 is 11.6 Å². The van der Waals surface area contributed by atoms with Crippen LogP contribution < -0.4 is 5.32 Å². The fourth-order valence-electron chi connectivity index (χ4n) is 2.46. The number of hydrogen-bond donors (Lipinski definition) is 2. The molecule has 0 saturated heterocycles. The minimum absolute atomic E-state index is 0.312. The summed E-state index contributed by atoms with van der Waals surface area (Å²) in [4.78, 5) is 0. The van der Waals surface area contributed by atoms with Crippen molar-refractivity contribution in [2.45, 2.75) is 32.2 Å². The number of aromatic hydroxyl groups is 1. The third-order valence-corrected chi connectivity index (χ3v) is 3.87. The van der Waals surface area contributed by atoms with Crippen LogP contribution in [0.2, 0.25) is 5.02 Å². The summed E-state index contributed by atoms with van der Waals surface area (Å²) in [6, 6.07) is 15.8. The molecule has 1 unspecified atom stereocenters. The highest BCUT2D eigenvalue weighted by Crippen LogP contribution is 2.19. The smallest absolute Gasteiger partial charge is 0.115 e. The molecule has 0 amide bonds. The molecule has 0 heterocycles. The van der Waals surface area contributed by atoms with E-state index in [9.17, 15) is 5.11 Å². The highest BCUT2D eigenvalue weighted by atomic mass is 35.5. The summed E-state index contributed by atoms with van der Waals surface area (Å²) in [5, 5.41) is 14.0. The average Bonchev–Trinajstić information content (AvgIpc) is 2.47. The van der Waals surface area contributed by atoms with Gasteiger partial charge in [0.05, 0.1) is 0 Å². The third-order valence-electron chi connectivity index (χ3n) is 3.50. The molecule has 3 heteroatoms. The van der Waals surface area contributed by atoms with E-state index in [2.05, 4.69) is 18.3 Å². The van der Waals surface area contributed by atoms with Crippen molar-refractivity contribution < 1.29 is 5.11 Å². The lowest BCUT2D eigenvalue weighted by Gasteiger charge is -2.19. The number of rotatable bonds is 7. The average molecular weight is 304 g/mol. The van der Waals surface area contributed by atoms with Crippen molar-refractivity contribution in [3.05, 3.63) is 64.7 Å². The second-order valence-electron chi connectivity index (χ2n) is 5.32. The maximum absolute atomic E-state index is 9.59. The van der Waals surface area contributed by atoms with Gasteiger partial charge in [-0.05, 0) is 55.1 Å². The van der Waals surface area contributed by atoms with Crippen molar-refractivity contribution >= 4 is 11.6 Å². The van der Waals surface area contributed by atoms with E-state index in [1.165, 1.54) is 0 Å². The van der Waals surface area contributed by atoms with Gasteiger partial charge in [0.15, 0.2) is 0 Å². The first-order valence-corrected chi connectivity index (χ1v) is 7.81. The highest BCUT2D eigenvalue weighted by Gasteiger charge is 2.12. The Kier molecular flexibility index (Phi) is 6.09. The van der Waals surface area contributed by atoms with Crippen LogP contribution in [0.4, 0.5) is 0 Å². The van der Waals surface area contributed by atoms with Crippen molar-refractivity contribution in [1.29, 1.82) is 0 Å². The Hall–Kier alpha value is -1.51. The molecule has 0 aliphatic heterocycles. The molecule has 1 atom stereocenters. The summed E-state index contributed by atoms with van der Waals surface area (Å²) in [6.07, 6.45) is 2.86. The lowest BCUT2D eigenvalue weighted by Crippen LogP contribution is -2.33.